The summed E-state index contributed by atoms with van der Waals surface area (Å²) in [5.41, 5.74) is 0.898. The van der Waals surface area contributed by atoms with Crippen molar-refractivity contribution in [3.05, 3.63) is 61.9 Å². The third-order valence-electron chi connectivity index (χ3n) is 3.20. The van der Waals surface area contributed by atoms with Crippen LogP contribution in [0.3, 0.4) is 0 Å². The molecule has 0 spiro atoms. The second-order valence-corrected chi connectivity index (χ2v) is 7.07. The molecule has 0 aromatic heterocycles. The van der Waals surface area contributed by atoms with Gasteiger partial charge in [-0.05, 0) is 53.7 Å². The zero-order chi connectivity index (χ0) is 17.4. The smallest absolute Gasteiger partial charge is 0.298 e. The molecule has 2 aromatic rings. The summed E-state index contributed by atoms with van der Waals surface area (Å²) in [4.78, 5) is 26.0. The molecular weight excluding hydrogens is 393 g/mol. The second kappa shape index (κ2) is 6.69. The second-order valence-electron chi connectivity index (χ2n) is 4.83. The standard InChI is InChI=1S/C16H8Cl3NO3S/c17-9-2-1-3-10(7-9)20-15(22)13(24-16(20)23)6-8-4-11(18)14(21)12(19)5-8/h1-7,21H/b13-6+. The number of halogens is 3. The fourth-order valence-corrected chi connectivity index (χ4v) is 3.66. The number of anilines is 1. The van der Waals surface area contributed by atoms with E-state index in [1.54, 1.807) is 18.2 Å². The minimum atomic E-state index is -0.465. The van der Waals surface area contributed by atoms with Crippen LogP contribution in [0.4, 0.5) is 10.5 Å². The number of benzene rings is 2. The highest BCUT2D eigenvalue weighted by molar-refractivity contribution is 8.19. The molecule has 8 heteroatoms. The number of hydrogen-bond donors (Lipinski definition) is 1. The van der Waals surface area contributed by atoms with Gasteiger partial charge in [0.05, 0.1) is 20.6 Å². The topological polar surface area (TPSA) is 57.6 Å². The van der Waals surface area contributed by atoms with Crippen molar-refractivity contribution in [3.63, 3.8) is 0 Å². The van der Waals surface area contributed by atoms with E-state index >= 15 is 0 Å². The Kier molecular flexibility index (Phi) is 4.78. The number of phenolic OH excluding ortho intramolecular Hbond substituents is 1. The van der Waals surface area contributed by atoms with E-state index in [2.05, 4.69) is 0 Å². The van der Waals surface area contributed by atoms with Crippen molar-refractivity contribution in [1.82, 2.24) is 0 Å². The summed E-state index contributed by atoms with van der Waals surface area (Å²) in [6.07, 6.45) is 1.49. The average molecular weight is 401 g/mol. The summed E-state index contributed by atoms with van der Waals surface area (Å²) in [6.45, 7) is 0. The van der Waals surface area contributed by atoms with Crippen molar-refractivity contribution in [3.8, 4) is 5.75 Å². The Morgan fingerprint density at radius 3 is 2.33 bits per heavy atom. The largest absolute Gasteiger partial charge is 0.505 e. The molecule has 0 saturated carbocycles. The van der Waals surface area contributed by atoms with Gasteiger partial charge in [-0.1, -0.05) is 40.9 Å². The van der Waals surface area contributed by atoms with Gasteiger partial charge in [0.1, 0.15) is 0 Å². The number of imide groups is 1. The van der Waals surface area contributed by atoms with Crippen LogP contribution in [0.5, 0.6) is 5.75 Å². The van der Waals surface area contributed by atoms with E-state index in [1.807, 2.05) is 0 Å². The third kappa shape index (κ3) is 3.26. The summed E-state index contributed by atoms with van der Waals surface area (Å²) < 4.78 is 0. The van der Waals surface area contributed by atoms with Crippen molar-refractivity contribution in [1.29, 1.82) is 0 Å². The first-order valence-corrected chi connectivity index (χ1v) is 8.53. The summed E-state index contributed by atoms with van der Waals surface area (Å²) in [7, 11) is 0. The zero-order valence-electron chi connectivity index (χ0n) is 11.8. The molecule has 1 aliphatic rings. The summed E-state index contributed by atoms with van der Waals surface area (Å²) in [5.74, 6) is -0.699. The minimum Gasteiger partial charge on any atom is -0.505 e. The molecule has 24 heavy (non-hydrogen) atoms. The van der Waals surface area contributed by atoms with Gasteiger partial charge in [-0.15, -0.1) is 0 Å². The van der Waals surface area contributed by atoms with E-state index in [4.69, 9.17) is 34.8 Å². The summed E-state index contributed by atoms with van der Waals surface area (Å²) in [5, 5.41) is 9.68. The van der Waals surface area contributed by atoms with Crippen LogP contribution in [0, 0.1) is 0 Å². The Morgan fingerprint density at radius 1 is 1.04 bits per heavy atom. The summed E-state index contributed by atoms with van der Waals surface area (Å²) in [6, 6.07) is 9.38. The summed E-state index contributed by atoms with van der Waals surface area (Å²) >= 11 is 18.4. The Balaban J connectivity index is 1.97. The van der Waals surface area contributed by atoms with Crippen molar-refractivity contribution < 1.29 is 14.7 Å². The number of carbonyl (C=O) groups is 2. The van der Waals surface area contributed by atoms with Gasteiger partial charge < -0.3 is 5.11 Å². The van der Waals surface area contributed by atoms with Crippen LogP contribution in [-0.2, 0) is 4.79 Å². The lowest BCUT2D eigenvalue weighted by molar-refractivity contribution is -0.113. The number of rotatable bonds is 2. The molecule has 0 atom stereocenters. The van der Waals surface area contributed by atoms with Gasteiger partial charge in [-0.3, -0.25) is 9.59 Å². The average Bonchev–Trinajstić information content (AvgIpc) is 2.79. The van der Waals surface area contributed by atoms with Crippen LogP contribution in [-0.4, -0.2) is 16.3 Å². The van der Waals surface area contributed by atoms with Gasteiger partial charge >= 0.3 is 0 Å². The number of aromatic hydroxyl groups is 1. The predicted octanol–water partition coefficient (Wildman–Crippen LogP) is 5.59. The Bertz CT molecular complexity index is 875. The van der Waals surface area contributed by atoms with Gasteiger partial charge in [0.2, 0.25) is 0 Å². The molecule has 4 nitrogen and oxygen atoms in total. The molecule has 2 amide bonds. The molecule has 1 heterocycles. The molecule has 1 fully saturated rings. The van der Waals surface area contributed by atoms with Gasteiger partial charge in [0.15, 0.2) is 5.75 Å². The quantitative estimate of drug-likeness (QED) is 0.667. The molecule has 0 unspecified atom stereocenters. The van der Waals surface area contributed by atoms with Crippen LogP contribution in [0.1, 0.15) is 5.56 Å². The molecule has 2 aromatic carbocycles. The van der Waals surface area contributed by atoms with E-state index in [0.29, 0.717) is 16.3 Å². The molecule has 0 radical (unpaired) electrons. The predicted molar refractivity (Wildman–Crippen MR) is 98.0 cm³/mol. The molecule has 1 saturated heterocycles. The van der Waals surface area contributed by atoms with Gasteiger partial charge in [0, 0.05) is 5.02 Å². The number of amides is 2. The van der Waals surface area contributed by atoms with Gasteiger partial charge in [-0.2, -0.15) is 0 Å². The van der Waals surface area contributed by atoms with E-state index in [9.17, 15) is 14.7 Å². The van der Waals surface area contributed by atoms with E-state index in [0.717, 1.165) is 16.7 Å². The normalized spacial score (nSPS) is 16.3. The van der Waals surface area contributed by atoms with Crippen molar-refractivity contribution >= 4 is 69.5 Å². The highest BCUT2D eigenvalue weighted by atomic mass is 35.5. The molecule has 1 N–H and O–H groups in total. The van der Waals surface area contributed by atoms with Crippen LogP contribution >= 0.6 is 46.6 Å². The molecule has 0 bridgehead atoms. The monoisotopic (exact) mass is 399 g/mol. The van der Waals surface area contributed by atoms with Gasteiger partial charge in [0.25, 0.3) is 11.1 Å². The number of carbonyl (C=O) groups excluding carboxylic acids is 2. The first kappa shape index (κ1) is 17.2. The number of nitrogens with zero attached hydrogens (tertiary/aromatic N) is 1. The van der Waals surface area contributed by atoms with Gasteiger partial charge in [-0.25, -0.2) is 4.90 Å². The lowest BCUT2D eigenvalue weighted by Gasteiger charge is -2.12. The highest BCUT2D eigenvalue weighted by Crippen LogP contribution is 2.38. The van der Waals surface area contributed by atoms with Crippen molar-refractivity contribution in [2.45, 2.75) is 0 Å². The maximum absolute atomic E-state index is 12.5. The van der Waals surface area contributed by atoms with Crippen LogP contribution in [0.25, 0.3) is 6.08 Å². The molecule has 122 valence electrons. The molecule has 3 rings (SSSR count). The minimum absolute atomic E-state index is 0.0582. The Morgan fingerprint density at radius 2 is 1.71 bits per heavy atom. The fourth-order valence-electron chi connectivity index (χ4n) is 2.13. The molecular formula is C16H8Cl3NO3S. The first-order valence-electron chi connectivity index (χ1n) is 6.58. The maximum atomic E-state index is 12.5. The maximum Gasteiger partial charge on any atom is 0.298 e. The number of hydrogen-bond acceptors (Lipinski definition) is 4. The van der Waals surface area contributed by atoms with E-state index in [-0.39, 0.29) is 20.7 Å². The third-order valence-corrected chi connectivity index (χ3v) is 4.88. The van der Waals surface area contributed by atoms with Crippen LogP contribution < -0.4 is 4.90 Å². The lowest BCUT2D eigenvalue weighted by Crippen LogP contribution is -2.27. The Hall–Kier alpha value is -1.66. The number of thioether (sulfide) groups is 1. The Labute approximate surface area is 156 Å². The SMILES string of the molecule is O=C1S/C(=C/c2cc(Cl)c(O)c(Cl)c2)C(=O)N1c1cccc(Cl)c1. The van der Waals surface area contributed by atoms with Crippen molar-refractivity contribution in [2.75, 3.05) is 4.90 Å². The van der Waals surface area contributed by atoms with Crippen LogP contribution in [0.2, 0.25) is 15.1 Å². The number of phenols is 1. The molecule has 0 aliphatic carbocycles. The molecule has 1 aliphatic heterocycles. The van der Waals surface area contributed by atoms with E-state index < -0.39 is 11.1 Å². The van der Waals surface area contributed by atoms with E-state index in [1.165, 1.54) is 24.3 Å². The zero-order valence-corrected chi connectivity index (χ0v) is 14.9. The highest BCUT2D eigenvalue weighted by Gasteiger charge is 2.36. The van der Waals surface area contributed by atoms with Crippen LogP contribution in [0.15, 0.2) is 41.3 Å². The lowest BCUT2D eigenvalue weighted by atomic mass is 10.2. The first-order chi connectivity index (χ1) is 11.4. The van der Waals surface area contributed by atoms with Crippen molar-refractivity contribution in [2.24, 2.45) is 0 Å². The fraction of sp³-hybridized carbons (Fsp3) is 0.